The van der Waals surface area contributed by atoms with E-state index in [1.807, 2.05) is 36.4 Å². The lowest BCUT2D eigenvalue weighted by molar-refractivity contribution is 0.0918. The number of carbonyl (C=O) groups is 1. The third kappa shape index (κ3) is 3.99. The Morgan fingerprint density at radius 1 is 1.07 bits per heavy atom. The summed E-state index contributed by atoms with van der Waals surface area (Å²) in [6, 6.07) is 19.9. The third-order valence-corrected chi connectivity index (χ3v) is 5.74. The molecular weight excluding hydrogens is 404 g/mol. The highest BCUT2D eigenvalue weighted by atomic mass is 79.9. The predicted molar refractivity (Wildman–Crippen MR) is 108 cm³/mol. The molecule has 0 saturated carbocycles. The Balaban J connectivity index is 1.51. The number of nitrogens with zero attached hydrogens (tertiary/aromatic N) is 1. The summed E-state index contributed by atoms with van der Waals surface area (Å²) in [4.78, 5) is 15.0. The molecule has 4 nitrogen and oxygen atoms in total. The Labute approximate surface area is 167 Å². The van der Waals surface area contributed by atoms with Gasteiger partial charge in [-0.2, -0.15) is 0 Å². The average Bonchev–Trinajstić information content (AvgIpc) is 3.23. The summed E-state index contributed by atoms with van der Waals surface area (Å²) in [5.74, 6) is 0.790. The number of nitrogens with one attached hydrogen (secondary N) is 1. The van der Waals surface area contributed by atoms with E-state index < -0.39 is 0 Å². The Morgan fingerprint density at radius 2 is 1.85 bits per heavy atom. The molecule has 1 unspecified atom stereocenters. The molecule has 0 fully saturated rings. The first kappa shape index (κ1) is 18.0. The van der Waals surface area contributed by atoms with Crippen LogP contribution in [0.2, 0.25) is 0 Å². The van der Waals surface area contributed by atoms with Crippen LogP contribution in [0.3, 0.4) is 0 Å². The molecule has 1 aliphatic heterocycles. The fourth-order valence-electron chi connectivity index (χ4n) is 3.60. The second-order valence-corrected chi connectivity index (χ2v) is 7.56. The van der Waals surface area contributed by atoms with E-state index >= 15 is 0 Å². The highest BCUT2D eigenvalue weighted by Gasteiger charge is 2.27. The van der Waals surface area contributed by atoms with E-state index in [9.17, 15) is 4.79 Å². The van der Waals surface area contributed by atoms with E-state index in [1.165, 1.54) is 11.1 Å². The van der Waals surface area contributed by atoms with E-state index in [0.717, 1.165) is 29.7 Å². The standard InChI is InChI=1S/C22H21BrN2O2/c23-19-9-4-3-8-18(19)22(26)24-14-20(21-10-5-13-27-21)25-12-11-16-6-1-2-7-17(16)15-25/h1-10,13,20H,11-12,14-15H2,(H,24,26). The minimum atomic E-state index is -0.0866. The van der Waals surface area contributed by atoms with E-state index in [4.69, 9.17) is 4.42 Å². The zero-order valence-corrected chi connectivity index (χ0v) is 16.5. The van der Waals surface area contributed by atoms with Crippen LogP contribution >= 0.6 is 15.9 Å². The van der Waals surface area contributed by atoms with Gasteiger partial charge < -0.3 is 9.73 Å². The largest absolute Gasteiger partial charge is 0.468 e. The molecule has 0 saturated heterocycles. The van der Waals surface area contributed by atoms with Crippen molar-refractivity contribution in [3.05, 3.63) is 93.9 Å². The normalized spacial score (nSPS) is 15.1. The molecule has 1 atom stereocenters. The maximum Gasteiger partial charge on any atom is 0.252 e. The lowest BCUT2D eigenvalue weighted by Crippen LogP contribution is -2.40. The topological polar surface area (TPSA) is 45.5 Å². The van der Waals surface area contributed by atoms with Gasteiger partial charge in [0, 0.05) is 24.1 Å². The molecule has 4 rings (SSSR count). The molecule has 138 valence electrons. The Morgan fingerprint density at radius 3 is 2.63 bits per heavy atom. The van der Waals surface area contributed by atoms with Gasteiger partial charge in [-0.1, -0.05) is 36.4 Å². The van der Waals surface area contributed by atoms with Crippen molar-refractivity contribution in [3.63, 3.8) is 0 Å². The number of rotatable bonds is 5. The van der Waals surface area contributed by atoms with Crippen LogP contribution in [0.4, 0.5) is 0 Å². The van der Waals surface area contributed by atoms with Crippen LogP contribution in [-0.2, 0) is 13.0 Å². The van der Waals surface area contributed by atoms with Crippen molar-refractivity contribution in [2.75, 3.05) is 13.1 Å². The number of benzene rings is 2. The van der Waals surface area contributed by atoms with Crippen molar-refractivity contribution in [3.8, 4) is 0 Å². The van der Waals surface area contributed by atoms with Crippen LogP contribution in [0, 0.1) is 0 Å². The number of hydrogen-bond acceptors (Lipinski definition) is 3. The van der Waals surface area contributed by atoms with Crippen molar-refractivity contribution in [2.45, 2.75) is 19.0 Å². The molecule has 0 bridgehead atoms. The van der Waals surface area contributed by atoms with Crippen molar-refractivity contribution >= 4 is 21.8 Å². The lowest BCUT2D eigenvalue weighted by atomic mass is 9.98. The minimum absolute atomic E-state index is 0.000191. The fourth-order valence-corrected chi connectivity index (χ4v) is 4.07. The average molecular weight is 425 g/mol. The maximum atomic E-state index is 12.6. The van der Waals surface area contributed by atoms with Crippen LogP contribution in [-0.4, -0.2) is 23.9 Å². The highest BCUT2D eigenvalue weighted by Crippen LogP contribution is 2.28. The molecule has 1 aromatic heterocycles. The Bertz CT molecular complexity index is 924. The first-order chi connectivity index (χ1) is 13.2. The summed E-state index contributed by atoms with van der Waals surface area (Å²) in [6.45, 7) is 2.29. The van der Waals surface area contributed by atoms with Crippen LogP contribution in [0.1, 0.15) is 33.3 Å². The van der Waals surface area contributed by atoms with Gasteiger partial charge in [-0.15, -0.1) is 0 Å². The van der Waals surface area contributed by atoms with Crippen LogP contribution in [0.5, 0.6) is 0 Å². The van der Waals surface area contributed by atoms with E-state index in [1.54, 1.807) is 6.26 Å². The number of furan rings is 1. The van der Waals surface area contributed by atoms with Gasteiger partial charge in [0.1, 0.15) is 5.76 Å². The lowest BCUT2D eigenvalue weighted by Gasteiger charge is -2.34. The van der Waals surface area contributed by atoms with Gasteiger partial charge in [-0.05, 0) is 57.7 Å². The van der Waals surface area contributed by atoms with Gasteiger partial charge in [-0.25, -0.2) is 0 Å². The van der Waals surface area contributed by atoms with E-state index in [2.05, 4.69) is 50.4 Å². The molecule has 1 aliphatic rings. The van der Waals surface area contributed by atoms with Crippen LogP contribution < -0.4 is 5.32 Å². The Hall–Kier alpha value is -2.37. The number of hydrogen-bond donors (Lipinski definition) is 1. The van der Waals surface area contributed by atoms with Crippen molar-refractivity contribution in [1.82, 2.24) is 10.2 Å². The molecule has 27 heavy (non-hydrogen) atoms. The summed E-state index contributed by atoms with van der Waals surface area (Å²) >= 11 is 3.45. The van der Waals surface area contributed by atoms with Crippen molar-refractivity contribution in [1.29, 1.82) is 0 Å². The molecule has 5 heteroatoms. The summed E-state index contributed by atoms with van der Waals surface area (Å²) < 4.78 is 6.49. The van der Waals surface area contributed by atoms with Gasteiger partial charge in [-0.3, -0.25) is 9.69 Å². The summed E-state index contributed by atoms with van der Waals surface area (Å²) in [5, 5.41) is 3.08. The maximum absolute atomic E-state index is 12.6. The van der Waals surface area contributed by atoms with Crippen molar-refractivity contribution in [2.24, 2.45) is 0 Å². The molecule has 2 heterocycles. The fraction of sp³-hybridized carbons (Fsp3) is 0.227. The van der Waals surface area contributed by atoms with Crippen LogP contribution in [0.25, 0.3) is 0 Å². The SMILES string of the molecule is O=C(NCC(c1ccco1)N1CCc2ccccc2C1)c1ccccc1Br. The first-order valence-corrected chi connectivity index (χ1v) is 9.88. The number of fused-ring (bicyclic) bond motifs is 1. The second-order valence-electron chi connectivity index (χ2n) is 6.71. The smallest absolute Gasteiger partial charge is 0.252 e. The zero-order valence-electron chi connectivity index (χ0n) is 14.9. The molecule has 0 aliphatic carbocycles. The van der Waals surface area contributed by atoms with Gasteiger partial charge in [0.15, 0.2) is 0 Å². The quantitative estimate of drug-likeness (QED) is 0.652. The molecular formula is C22H21BrN2O2. The molecule has 3 aromatic rings. The molecule has 1 amide bonds. The highest BCUT2D eigenvalue weighted by molar-refractivity contribution is 9.10. The summed E-state index contributed by atoms with van der Waals surface area (Å²) in [5.41, 5.74) is 3.39. The number of amides is 1. The van der Waals surface area contributed by atoms with E-state index in [-0.39, 0.29) is 11.9 Å². The molecule has 1 N–H and O–H groups in total. The van der Waals surface area contributed by atoms with E-state index in [0.29, 0.717) is 12.1 Å². The summed E-state index contributed by atoms with van der Waals surface area (Å²) in [7, 11) is 0. The van der Waals surface area contributed by atoms with Crippen molar-refractivity contribution < 1.29 is 9.21 Å². The van der Waals surface area contributed by atoms with Gasteiger partial charge in [0.2, 0.25) is 0 Å². The van der Waals surface area contributed by atoms with Crippen LogP contribution in [0.15, 0.2) is 75.8 Å². The first-order valence-electron chi connectivity index (χ1n) is 9.09. The minimum Gasteiger partial charge on any atom is -0.468 e. The Kier molecular flexibility index (Phi) is 5.41. The predicted octanol–water partition coefficient (Wildman–Crippen LogP) is 4.57. The molecule has 0 radical (unpaired) electrons. The zero-order chi connectivity index (χ0) is 18.6. The summed E-state index contributed by atoms with van der Waals surface area (Å²) in [6.07, 6.45) is 2.70. The van der Waals surface area contributed by atoms with Gasteiger partial charge in [0.05, 0.1) is 17.9 Å². The molecule has 2 aromatic carbocycles. The number of carbonyl (C=O) groups excluding carboxylic acids is 1. The van der Waals surface area contributed by atoms with Gasteiger partial charge >= 0.3 is 0 Å². The monoisotopic (exact) mass is 424 g/mol. The van der Waals surface area contributed by atoms with Gasteiger partial charge in [0.25, 0.3) is 5.91 Å². The third-order valence-electron chi connectivity index (χ3n) is 5.05. The number of halogens is 1. The molecule has 0 spiro atoms. The second kappa shape index (κ2) is 8.11.